The number of H-pyrrole nitrogens is 2. The van der Waals surface area contributed by atoms with Gasteiger partial charge in [-0.25, -0.2) is 9.97 Å². The molecular weight excluding hydrogens is 218 g/mol. The number of nitrogens with zero attached hydrogens (tertiary/aromatic N) is 5. The molecule has 3 aromatic heterocycles. The van der Waals surface area contributed by atoms with Gasteiger partial charge in [-0.15, -0.1) is 5.10 Å². The molecule has 0 unspecified atom stereocenters. The van der Waals surface area contributed by atoms with Crippen molar-refractivity contribution in [1.29, 1.82) is 0 Å². The normalized spacial score (nSPS) is 10.8. The van der Waals surface area contributed by atoms with Crippen LogP contribution in [0.2, 0.25) is 0 Å². The molecule has 0 saturated heterocycles. The maximum Gasteiger partial charge on any atom is 0.159 e. The van der Waals surface area contributed by atoms with E-state index < -0.39 is 0 Å². The Bertz CT molecular complexity index is 564. The highest BCUT2D eigenvalue weighted by Crippen LogP contribution is 2.09. The number of rotatable bonds is 4. The summed E-state index contributed by atoms with van der Waals surface area (Å²) in [7, 11) is 0. The molecule has 0 spiro atoms. The van der Waals surface area contributed by atoms with Gasteiger partial charge in [-0.1, -0.05) is 5.21 Å². The molecule has 7 nitrogen and oxygen atoms in total. The number of hydrogen-bond donors (Lipinski definition) is 2. The molecule has 3 aromatic rings. The second kappa shape index (κ2) is 4.20. The van der Waals surface area contributed by atoms with Crippen LogP contribution in [0.15, 0.2) is 31.1 Å². The van der Waals surface area contributed by atoms with Gasteiger partial charge in [0, 0.05) is 37.3 Å². The maximum absolute atomic E-state index is 4.12. The minimum absolute atomic E-state index is 0.734. The summed E-state index contributed by atoms with van der Waals surface area (Å²) in [6.45, 7) is 0.760. The number of aromatic nitrogens is 7. The van der Waals surface area contributed by atoms with Crippen molar-refractivity contribution in [2.45, 2.75) is 13.0 Å². The van der Waals surface area contributed by atoms with E-state index in [0.29, 0.717) is 0 Å². The number of imidazole rings is 2. The zero-order valence-electron chi connectivity index (χ0n) is 9.04. The van der Waals surface area contributed by atoms with Crippen molar-refractivity contribution < 1.29 is 0 Å². The molecular formula is C10H11N7. The van der Waals surface area contributed by atoms with Crippen molar-refractivity contribution in [2.75, 3.05) is 0 Å². The minimum Gasteiger partial charge on any atom is -0.348 e. The van der Waals surface area contributed by atoms with Crippen molar-refractivity contribution in [3.8, 4) is 11.5 Å². The van der Waals surface area contributed by atoms with Crippen molar-refractivity contribution in [1.82, 2.24) is 34.9 Å². The van der Waals surface area contributed by atoms with E-state index >= 15 is 0 Å². The third kappa shape index (κ3) is 2.07. The van der Waals surface area contributed by atoms with Crippen LogP contribution in [0.25, 0.3) is 11.5 Å². The fourth-order valence-corrected chi connectivity index (χ4v) is 1.58. The first-order valence-electron chi connectivity index (χ1n) is 5.29. The van der Waals surface area contributed by atoms with E-state index in [-0.39, 0.29) is 0 Å². The highest BCUT2D eigenvalue weighted by molar-refractivity contribution is 5.45. The van der Waals surface area contributed by atoms with Gasteiger partial charge in [0.25, 0.3) is 0 Å². The SMILES string of the molecule is c1c[nH]c(-c2cn(CCc3cnc[nH]3)nn2)n1. The van der Waals surface area contributed by atoms with Crippen molar-refractivity contribution in [3.05, 3.63) is 36.8 Å². The Labute approximate surface area is 96.9 Å². The molecule has 0 aliphatic carbocycles. The maximum atomic E-state index is 4.12. The van der Waals surface area contributed by atoms with Crippen LogP contribution in [0.3, 0.4) is 0 Å². The number of aromatic amines is 2. The lowest BCUT2D eigenvalue weighted by Gasteiger charge is -1.96. The molecule has 0 radical (unpaired) electrons. The van der Waals surface area contributed by atoms with Crippen LogP contribution in [0.5, 0.6) is 0 Å². The molecule has 0 atom stereocenters. The predicted octanol–water partition coefficient (Wildman–Crippen LogP) is 0.634. The van der Waals surface area contributed by atoms with E-state index in [2.05, 4.69) is 30.2 Å². The van der Waals surface area contributed by atoms with Crippen LogP contribution in [0.1, 0.15) is 5.69 Å². The molecule has 0 aliphatic rings. The van der Waals surface area contributed by atoms with Crippen molar-refractivity contribution >= 4 is 0 Å². The number of aryl methyl sites for hydroxylation is 2. The molecule has 0 aromatic carbocycles. The summed E-state index contributed by atoms with van der Waals surface area (Å²) < 4.78 is 1.79. The Morgan fingerprint density at radius 1 is 1.29 bits per heavy atom. The van der Waals surface area contributed by atoms with Crippen LogP contribution < -0.4 is 0 Å². The first kappa shape index (κ1) is 9.76. The molecule has 0 saturated carbocycles. The third-order valence-electron chi connectivity index (χ3n) is 2.44. The van der Waals surface area contributed by atoms with Crippen LogP contribution >= 0.6 is 0 Å². The summed E-state index contributed by atoms with van der Waals surface area (Å²) in [6.07, 6.45) is 9.66. The van der Waals surface area contributed by atoms with Gasteiger partial charge in [-0.3, -0.25) is 4.68 Å². The molecule has 2 N–H and O–H groups in total. The molecule has 17 heavy (non-hydrogen) atoms. The lowest BCUT2D eigenvalue weighted by atomic mass is 10.3. The summed E-state index contributed by atoms with van der Waals surface area (Å²) in [5, 5.41) is 8.10. The van der Waals surface area contributed by atoms with Crippen LogP contribution in [0.4, 0.5) is 0 Å². The standard InChI is InChI=1S/C10H11N7/c1(8-5-11-7-14-8)4-17-6-9(15-16-17)10-12-2-3-13-10/h2-3,5-7H,1,4H2,(H,11,14)(H,12,13). The summed E-state index contributed by atoms with van der Waals surface area (Å²) >= 11 is 0. The molecule has 0 amide bonds. The van der Waals surface area contributed by atoms with Gasteiger partial charge in [0.05, 0.1) is 12.5 Å². The molecule has 3 heterocycles. The summed E-state index contributed by atoms with van der Waals surface area (Å²) in [5.41, 5.74) is 1.83. The van der Waals surface area contributed by atoms with Gasteiger partial charge in [-0.2, -0.15) is 0 Å². The second-order valence-corrected chi connectivity index (χ2v) is 3.63. The van der Waals surface area contributed by atoms with E-state index in [0.717, 1.165) is 30.2 Å². The summed E-state index contributed by atoms with van der Waals surface area (Å²) in [4.78, 5) is 14.1. The van der Waals surface area contributed by atoms with Crippen LogP contribution in [-0.4, -0.2) is 34.9 Å². The molecule has 3 rings (SSSR count). The topological polar surface area (TPSA) is 88.1 Å². The summed E-state index contributed by atoms with van der Waals surface area (Å²) in [6, 6.07) is 0. The molecule has 0 bridgehead atoms. The number of hydrogen-bond acceptors (Lipinski definition) is 4. The zero-order chi connectivity index (χ0) is 11.5. The van der Waals surface area contributed by atoms with Crippen LogP contribution in [0, 0.1) is 0 Å². The quantitative estimate of drug-likeness (QED) is 0.687. The lowest BCUT2D eigenvalue weighted by molar-refractivity contribution is 0.585. The Balaban J connectivity index is 1.69. The third-order valence-corrected chi connectivity index (χ3v) is 2.44. The van der Waals surface area contributed by atoms with Crippen molar-refractivity contribution in [2.24, 2.45) is 0 Å². The fraction of sp³-hybridized carbons (Fsp3) is 0.200. The Kier molecular flexibility index (Phi) is 2.41. The van der Waals surface area contributed by atoms with Gasteiger partial charge in [0.2, 0.25) is 0 Å². The average Bonchev–Trinajstić information content (AvgIpc) is 3.09. The van der Waals surface area contributed by atoms with E-state index in [1.54, 1.807) is 23.4 Å². The minimum atomic E-state index is 0.734. The van der Waals surface area contributed by atoms with Gasteiger partial charge >= 0.3 is 0 Å². The number of nitrogens with one attached hydrogen (secondary N) is 2. The Morgan fingerprint density at radius 2 is 2.29 bits per heavy atom. The highest BCUT2D eigenvalue weighted by atomic mass is 15.4. The van der Waals surface area contributed by atoms with E-state index in [1.807, 2.05) is 12.4 Å². The highest BCUT2D eigenvalue weighted by Gasteiger charge is 2.05. The van der Waals surface area contributed by atoms with E-state index in [1.165, 1.54) is 0 Å². The summed E-state index contributed by atoms with van der Waals surface area (Å²) in [5.74, 6) is 0.734. The molecule has 86 valence electrons. The van der Waals surface area contributed by atoms with Gasteiger partial charge in [-0.05, 0) is 0 Å². The van der Waals surface area contributed by atoms with Crippen LogP contribution in [-0.2, 0) is 13.0 Å². The van der Waals surface area contributed by atoms with Crippen molar-refractivity contribution in [3.63, 3.8) is 0 Å². The second-order valence-electron chi connectivity index (χ2n) is 3.63. The first-order chi connectivity index (χ1) is 8.42. The monoisotopic (exact) mass is 229 g/mol. The van der Waals surface area contributed by atoms with Gasteiger partial charge < -0.3 is 9.97 Å². The zero-order valence-corrected chi connectivity index (χ0v) is 9.04. The van der Waals surface area contributed by atoms with E-state index in [4.69, 9.17) is 0 Å². The smallest absolute Gasteiger partial charge is 0.159 e. The lowest BCUT2D eigenvalue weighted by Crippen LogP contribution is -2.02. The largest absolute Gasteiger partial charge is 0.348 e. The molecule has 7 heteroatoms. The Morgan fingerprint density at radius 3 is 3.06 bits per heavy atom. The Hall–Kier alpha value is -2.44. The molecule has 0 aliphatic heterocycles. The van der Waals surface area contributed by atoms with E-state index in [9.17, 15) is 0 Å². The molecule has 0 fully saturated rings. The fourth-order valence-electron chi connectivity index (χ4n) is 1.58. The average molecular weight is 229 g/mol. The predicted molar refractivity (Wildman–Crippen MR) is 59.9 cm³/mol. The van der Waals surface area contributed by atoms with Gasteiger partial charge in [0.1, 0.15) is 5.69 Å². The first-order valence-corrected chi connectivity index (χ1v) is 5.29. The van der Waals surface area contributed by atoms with Gasteiger partial charge in [0.15, 0.2) is 5.82 Å².